The van der Waals surface area contributed by atoms with E-state index in [2.05, 4.69) is 39.9 Å². The molecule has 1 N–H and O–H groups in total. The van der Waals surface area contributed by atoms with Gasteiger partial charge in [0.05, 0.1) is 0 Å². The van der Waals surface area contributed by atoms with E-state index in [-0.39, 0.29) is 5.91 Å². The number of unbranched alkanes of at least 4 members (excludes halogenated alkanes) is 1. The summed E-state index contributed by atoms with van der Waals surface area (Å²) in [5.41, 5.74) is 2.16. The first-order chi connectivity index (χ1) is 11.3. The van der Waals surface area contributed by atoms with Crippen LogP contribution in [0.3, 0.4) is 0 Å². The number of thiophene rings is 1. The zero-order valence-corrected chi connectivity index (χ0v) is 14.3. The van der Waals surface area contributed by atoms with Crippen LogP contribution in [0.4, 0.5) is 11.4 Å². The molecule has 1 aliphatic heterocycles. The minimum atomic E-state index is 0.116. The van der Waals surface area contributed by atoms with E-state index in [1.807, 2.05) is 12.1 Å². The smallest absolute Gasteiger partial charge is 0.224 e. The Hall–Kier alpha value is -1.81. The minimum Gasteiger partial charge on any atom is -0.372 e. The lowest BCUT2D eigenvalue weighted by atomic mass is 10.1. The van der Waals surface area contributed by atoms with E-state index in [0.717, 1.165) is 38.0 Å². The van der Waals surface area contributed by atoms with Crippen LogP contribution in [0.25, 0.3) is 0 Å². The number of nitrogens with one attached hydrogen (secondary N) is 1. The lowest BCUT2D eigenvalue weighted by Crippen LogP contribution is -2.17. The zero-order chi connectivity index (χ0) is 15.9. The minimum absolute atomic E-state index is 0.116. The van der Waals surface area contributed by atoms with Gasteiger partial charge in [-0.15, -0.1) is 11.3 Å². The highest BCUT2D eigenvalue weighted by molar-refractivity contribution is 7.09. The number of amides is 1. The predicted octanol–water partition coefficient (Wildman–Crippen LogP) is 4.70. The molecule has 0 radical (unpaired) electrons. The number of benzene rings is 1. The third-order valence-electron chi connectivity index (χ3n) is 4.28. The lowest BCUT2D eigenvalue weighted by Gasteiger charge is -2.17. The van der Waals surface area contributed by atoms with Crippen molar-refractivity contribution in [3.63, 3.8) is 0 Å². The molecule has 0 bridgehead atoms. The van der Waals surface area contributed by atoms with Gasteiger partial charge in [0.2, 0.25) is 5.91 Å². The number of nitrogens with zero attached hydrogens (tertiary/aromatic N) is 1. The summed E-state index contributed by atoms with van der Waals surface area (Å²) >= 11 is 1.79. The SMILES string of the molecule is O=C(CCCCc1cccs1)Nc1ccc(N2CCCC2)cc1. The molecular formula is C19H24N2OS. The van der Waals surface area contributed by atoms with Crippen molar-refractivity contribution in [2.45, 2.75) is 38.5 Å². The third kappa shape index (κ3) is 4.83. The molecule has 122 valence electrons. The number of carbonyl (C=O) groups excluding carboxylic acids is 1. The van der Waals surface area contributed by atoms with Crippen LogP contribution in [0, 0.1) is 0 Å². The van der Waals surface area contributed by atoms with E-state index in [1.54, 1.807) is 11.3 Å². The molecule has 3 nitrogen and oxygen atoms in total. The summed E-state index contributed by atoms with van der Waals surface area (Å²) in [6, 6.07) is 12.5. The standard InChI is InChI=1S/C19H24N2OS/c22-19(8-2-1-6-18-7-5-15-23-18)20-16-9-11-17(12-10-16)21-13-3-4-14-21/h5,7,9-12,15H,1-4,6,8,13-14H2,(H,20,22). The fourth-order valence-electron chi connectivity index (χ4n) is 2.99. The van der Waals surface area contributed by atoms with Gasteiger partial charge in [-0.3, -0.25) is 4.79 Å². The Morgan fingerprint density at radius 3 is 2.57 bits per heavy atom. The average molecular weight is 328 g/mol. The normalized spacial score (nSPS) is 14.2. The van der Waals surface area contributed by atoms with Crippen molar-refractivity contribution in [3.05, 3.63) is 46.7 Å². The van der Waals surface area contributed by atoms with Gasteiger partial charge in [0, 0.05) is 35.8 Å². The first-order valence-corrected chi connectivity index (χ1v) is 9.36. The number of hydrogen-bond acceptors (Lipinski definition) is 3. The Morgan fingerprint density at radius 2 is 1.87 bits per heavy atom. The molecule has 2 heterocycles. The highest BCUT2D eigenvalue weighted by atomic mass is 32.1. The molecule has 1 aromatic heterocycles. The molecule has 1 aromatic carbocycles. The summed E-state index contributed by atoms with van der Waals surface area (Å²) in [6.45, 7) is 2.30. The van der Waals surface area contributed by atoms with Crippen LogP contribution in [-0.4, -0.2) is 19.0 Å². The number of rotatable bonds is 7. The second kappa shape index (κ2) is 8.16. The molecule has 3 rings (SSSR count). The van der Waals surface area contributed by atoms with Gasteiger partial charge in [-0.25, -0.2) is 0 Å². The number of carbonyl (C=O) groups is 1. The Balaban J connectivity index is 1.39. The number of anilines is 2. The van der Waals surface area contributed by atoms with Crippen LogP contribution in [0.1, 0.15) is 37.0 Å². The maximum atomic E-state index is 12.0. The van der Waals surface area contributed by atoms with Crippen molar-refractivity contribution >= 4 is 28.6 Å². The van der Waals surface area contributed by atoms with E-state index in [4.69, 9.17) is 0 Å². The molecule has 0 saturated carbocycles. The van der Waals surface area contributed by atoms with Crippen molar-refractivity contribution < 1.29 is 4.79 Å². The Bertz CT molecular complexity index is 601. The van der Waals surface area contributed by atoms with Crippen molar-refractivity contribution in [1.82, 2.24) is 0 Å². The van der Waals surface area contributed by atoms with Crippen LogP contribution in [0.15, 0.2) is 41.8 Å². The Morgan fingerprint density at radius 1 is 1.09 bits per heavy atom. The monoisotopic (exact) mass is 328 g/mol. The van der Waals surface area contributed by atoms with Gasteiger partial charge in [-0.05, 0) is 67.8 Å². The molecule has 0 atom stereocenters. The maximum absolute atomic E-state index is 12.0. The van der Waals surface area contributed by atoms with Crippen LogP contribution in [0.5, 0.6) is 0 Å². The molecule has 0 aliphatic carbocycles. The van der Waals surface area contributed by atoms with Crippen LogP contribution < -0.4 is 10.2 Å². The second-order valence-electron chi connectivity index (χ2n) is 6.08. The Labute approximate surface area is 142 Å². The fraction of sp³-hybridized carbons (Fsp3) is 0.421. The van der Waals surface area contributed by atoms with E-state index in [1.165, 1.54) is 23.4 Å². The van der Waals surface area contributed by atoms with Gasteiger partial charge in [-0.1, -0.05) is 6.07 Å². The molecule has 1 saturated heterocycles. The van der Waals surface area contributed by atoms with Gasteiger partial charge < -0.3 is 10.2 Å². The number of hydrogen-bond donors (Lipinski definition) is 1. The van der Waals surface area contributed by atoms with Crippen LogP contribution in [-0.2, 0) is 11.2 Å². The summed E-state index contributed by atoms with van der Waals surface area (Å²) in [4.78, 5) is 15.8. The molecule has 1 fully saturated rings. The summed E-state index contributed by atoms with van der Waals surface area (Å²) in [7, 11) is 0. The quantitative estimate of drug-likeness (QED) is 0.747. The largest absolute Gasteiger partial charge is 0.372 e. The molecule has 1 amide bonds. The summed E-state index contributed by atoms with van der Waals surface area (Å²) in [6.07, 6.45) is 6.25. The first-order valence-electron chi connectivity index (χ1n) is 8.48. The van der Waals surface area contributed by atoms with Crippen molar-refractivity contribution in [3.8, 4) is 0 Å². The number of aryl methyl sites for hydroxylation is 1. The summed E-state index contributed by atoms with van der Waals surface area (Å²) < 4.78 is 0. The summed E-state index contributed by atoms with van der Waals surface area (Å²) in [5, 5.41) is 5.10. The van der Waals surface area contributed by atoms with E-state index in [9.17, 15) is 4.79 Å². The molecule has 1 aliphatic rings. The molecule has 0 spiro atoms. The highest BCUT2D eigenvalue weighted by Crippen LogP contribution is 2.22. The topological polar surface area (TPSA) is 32.3 Å². The fourth-order valence-corrected chi connectivity index (χ4v) is 3.75. The van der Waals surface area contributed by atoms with E-state index in [0.29, 0.717) is 6.42 Å². The lowest BCUT2D eigenvalue weighted by molar-refractivity contribution is -0.116. The first kappa shape index (κ1) is 16.1. The maximum Gasteiger partial charge on any atom is 0.224 e. The van der Waals surface area contributed by atoms with Crippen molar-refractivity contribution in [2.75, 3.05) is 23.3 Å². The zero-order valence-electron chi connectivity index (χ0n) is 13.5. The molecule has 4 heteroatoms. The summed E-state index contributed by atoms with van der Waals surface area (Å²) in [5.74, 6) is 0.116. The van der Waals surface area contributed by atoms with Gasteiger partial charge >= 0.3 is 0 Å². The van der Waals surface area contributed by atoms with Crippen molar-refractivity contribution in [2.24, 2.45) is 0 Å². The average Bonchev–Trinajstić information content (AvgIpc) is 3.26. The van der Waals surface area contributed by atoms with Gasteiger partial charge in [0.15, 0.2) is 0 Å². The Kier molecular flexibility index (Phi) is 5.70. The molecule has 23 heavy (non-hydrogen) atoms. The predicted molar refractivity (Wildman–Crippen MR) is 98.4 cm³/mol. The highest BCUT2D eigenvalue weighted by Gasteiger charge is 2.12. The van der Waals surface area contributed by atoms with E-state index < -0.39 is 0 Å². The van der Waals surface area contributed by atoms with Gasteiger partial charge in [-0.2, -0.15) is 0 Å². The molecular weight excluding hydrogens is 304 g/mol. The van der Waals surface area contributed by atoms with E-state index >= 15 is 0 Å². The molecule has 2 aromatic rings. The molecule has 0 unspecified atom stereocenters. The van der Waals surface area contributed by atoms with Crippen LogP contribution in [0.2, 0.25) is 0 Å². The third-order valence-corrected chi connectivity index (χ3v) is 5.22. The van der Waals surface area contributed by atoms with Gasteiger partial charge in [0.25, 0.3) is 0 Å². The van der Waals surface area contributed by atoms with Crippen molar-refractivity contribution in [1.29, 1.82) is 0 Å². The second-order valence-corrected chi connectivity index (χ2v) is 7.11. The van der Waals surface area contributed by atoms with Crippen LogP contribution >= 0.6 is 11.3 Å². The van der Waals surface area contributed by atoms with Gasteiger partial charge in [0.1, 0.15) is 0 Å².